The molecule has 0 radical (unpaired) electrons. The summed E-state index contributed by atoms with van der Waals surface area (Å²) < 4.78 is 5.60. The Balaban J connectivity index is 1.50. The predicted octanol–water partition coefficient (Wildman–Crippen LogP) is 3.87. The summed E-state index contributed by atoms with van der Waals surface area (Å²) in [4.78, 5) is 35.3. The Kier molecular flexibility index (Phi) is 8.77. The van der Waals surface area contributed by atoms with Gasteiger partial charge in [0, 0.05) is 30.7 Å². The molecule has 0 heterocycles. The maximum absolute atomic E-state index is 12.6. The third kappa shape index (κ3) is 6.74. The van der Waals surface area contributed by atoms with Gasteiger partial charge in [-0.2, -0.15) is 0 Å². The second kappa shape index (κ2) is 11.7. The Labute approximate surface area is 198 Å². The summed E-state index contributed by atoms with van der Waals surface area (Å²) in [5, 5.41) is 14.2. The Bertz CT molecular complexity index is 949. The van der Waals surface area contributed by atoms with E-state index in [1.54, 1.807) is 0 Å². The number of nitrogens with one attached hydrogen (secondary N) is 2. The number of carbonyl (C=O) groups excluding carboxylic acids is 2. The molecule has 0 saturated heterocycles. The van der Waals surface area contributed by atoms with Gasteiger partial charge in [-0.25, -0.2) is 4.79 Å². The van der Waals surface area contributed by atoms with Crippen molar-refractivity contribution in [1.29, 1.82) is 0 Å². The van der Waals surface area contributed by atoms with Crippen molar-refractivity contribution in [2.75, 3.05) is 24.7 Å². The zero-order valence-corrected chi connectivity index (χ0v) is 19.7. The fraction of sp³-hybridized carbons (Fsp3) is 0.400. The van der Waals surface area contributed by atoms with Crippen LogP contribution in [0.5, 0.6) is 0 Å². The van der Waals surface area contributed by atoms with Crippen molar-refractivity contribution in [2.45, 2.75) is 32.2 Å². The van der Waals surface area contributed by atoms with Gasteiger partial charge in [0.1, 0.15) is 6.61 Å². The molecule has 1 aliphatic carbocycles. The third-order valence-electron chi connectivity index (χ3n) is 5.65. The minimum absolute atomic E-state index is 0.00777. The molecule has 3 rings (SSSR count). The van der Waals surface area contributed by atoms with Gasteiger partial charge in [0.05, 0.1) is 5.75 Å². The minimum atomic E-state index is -0.876. The van der Waals surface area contributed by atoms with E-state index in [1.165, 1.54) is 22.9 Å². The fourth-order valence-electron chi connectivity index (χ4n) is 3.94. The smallest absolute Gasteiger partial charge is 0.407 e. The van der Waals surface area contributed by atoms with Gasteiger partial charge < -0.3 is 20.5 Å². The van der Waals surface area contributed by atoms with E-state index >= 15 is 0 Å². The van der Waals surface area contributed by atoms with Gasteiger partial charge in [0.15, 0.2) is 0 Å². The van der Waals surface area contributed by atoms with Crippen LogP contribution in [0, 0.1) is 5.92 Å². The molecule has 2 amide bonds. The molecule has 0 spiro atoms. The summed E-state index contributed by atoms with van der Waals surface area (Å²) in [5.74, 6) is -0.523. The van der Waals surface area contributed by atoms with E-state index in [2.05, 4.69) is 34.9 Å². The van der Waals surface area contributed by atoms with Gasteiger partial charge >= 0.3 is 12.1 Å². The number of thioether (sulfide) groups is 1. The highest BCUT2D eigenvalue weighted by molar-refractivity contribution is 7.99. The van der Waals surface area contributed by atoms with Crippen molar-refractivity contribution >= 4 is 29.7 Å². The first-order valence-corrected chi connectivity index (χ1v) is 12.2. The zero-order valence-electron chi connectivity index (χ0n) is 18.9. The highest BCUT2D eigenvalue weighted by atomic mass is 32.2. The molecule has 176 valence electrons. The Morgan fingerprint density at radius 3 is 2.21 bits per heavy atom. The maximum Gasteiger partial charge on any atom is 0.407 e. The second-order valence-corrected chi connectivity index (χ2v) is 9.43. The lowest BCUT2D eigenvalue weighted by atomic mass is 9.98. The number of alkyl carbamates (subject to hydrolysis) is 1. The quantitative estimate of drug-likeness (QED) is 0.431. The van der Waals surface area contributed by atoms with Gasteiger partial charge in [-0.15, -0.1) is 11.8 Å². The minimum Gasteiger partial charge on any atom is -0.481 e. The summed E-state index contributed by atoms with van der Waals surface area (Å²) >= 11 is 1.24. The predicted molar refractivity (Wildman–Crippen MR) is 129 cm³/mol. The van der Waals surface area contributed by atoms with Crippen molar-refractivity contribution < 1.29 is 24.2 Å². The molecule has 0 unspecified atom stereocenters. The molecule has 1 aliphatic rings. The Morgan fingerprint density at radius 1 is 1.03 bits per heavy atom. The number of aliphatic carboxylic acids is 1. The van der Waals surface area contributed by atoms with E-state index in [0.717, 1.165) is 11.1 Å². The Hall–Kier alpha value is -3.00. The number of rotatable bonds is 11. The third-order valence-corrected chi connectivity index (χ3v) is 6.59. The largest absolute Gasteiger partial charge is 0.481 e. The molecule has 7 nitrogen and oxygen atoms in total. The lowest BCUT2D eigenvalue weighted by molar-refractivity contribution is -0.133. The summed E-state index contributed by atoms with van der Waals surface area (Å²) in [6.45, 7) is 4.47. The lowest BCUT2D eigenvalue weighted by Crippen LogP contribution is -2.43. The molecule has 3 N–H and O–H groups in total. The van der Waals surface area contributed by atoms with Crippen molar-refractivity contribution in [3.8, 4) is 11.1 Å². The fourth-order valence-corrected chi connectivity index (χ4v) is 4.50. The van der Waals surface area contributed by atoms with Crippen molar-refractivity contribution in [1.82, 2.24) is 10.6 Å². The van der Waals surface area contributed by atoms with Crippen LogP contribution in [0.1, 0.15) is 37.3 Å². The van der Waals surface area contributed by atoms with Gasteiger partial charge in [-0.3, -0.25) is 9.59 Å². The Morgan fingerprint density at radius 2 is 1.64 bits per heavy atom. The van der Waals surface area contributed by atoms with E-state index in [1.807, 2.05) is 38.1 Å². The summed E-state index contributed by atoms with van der Waals surface area (Å²) in [5.41, 5.74) is 4.62. The summed E-state index contributed by atoms with van der Waals surface area (Å²) in [7, 11) is 0. The number of hydrogen-bond acceptors (Lipinski definition) is 5. The number of ether oxygens (including phenoxy) is 1. The van der Waals surface area contributed by atoms with Crippen LogP contribution < -0.4 is 10.6 Å². The van der Waals surface area contributed by atoms with Crippen molar-refractivity contribution in [2.24, 2.45) is 5.92 Å². The molecule has 0 aromatic heterocycles. The molecular formula is C25H30N2O5S. The summed E-state index contributed by atoms with van der Waals surface area (Å²) in [6.07, 6.45) is -0.411. The molecule has 33 heavy (non-hydrogen) atoms. The van der Waals surface area contributed by atoms with Crippen LogP contribution >= 0.6 is 11.8 Å². The van der Waals surface area contributed by atoms with E-state index in [-0.39, 0.29) is 42.6 Å². The highest BCUT2D eigenvalue weighted by Gasteiger charge is 2.29. The highest BCUT2D eigenvalue weighted by Crippen LogP contribution is 2.44. The number of benzene rings is 2. The standard InChI is InChI=1S/C25H30N2O5S/c1-16(2)22(13-23(28)26-11-12-33-15-24(29)30)27-25(31)32-14-21-19-9-5-3-7-17(19)18-8-4-6-10-20(18)21/h3-10,16,21-22H,11-15H2,1-2H3,(H,26,28)(H,27,31)(H,29,30)/t22-/m0/s1. The number of carboxylic acids is 1. The van der Waals surface area contributed by atoms with Gasteiger partial charge in [-0.05, 0) is 28.2 Å². The second-order valence-electron chi connectivity index (χ2n) is 8.32. The number of fused-ring (bicyclic) bond motifs is 3. The van der Waals surface area contributed by atoms with Crippen LogP contribution in [0.25, 0.3) is 11.1 Å². The van der Waals surface area contributed by atoms with E-state index in [4.69, 9.17) is 9.84 Å². The number of carbonyl (C=O) groups is 3. The van der Waals surface area contributed by atoms with Crippen LogP contribution in [-0.2, 0) is 14.3 Å². The molecule has 0 aliphatic heterocycles. The number of hydrogen-bond donors (Lipinski definition) is 3. The van der Waals surface area contributed by atoms with Crippen LogP contribution in [0.2, 0.25) is 0 Å². The molecule has 0 bridgehead atoms. The molecule has 1 atom stereocenters. The average molecular weight is 471 g/mol. The lowest BCUT2D eigenvalue weighted by Gasteiger charge is -2.22. The van der Waals surface area contributed by atoms with Crippen LogP contribution in [0.3, 0.4) is 0 Å². The maximum atomic E-state index is 12.6. The van der Waals surface area contributed by atoms with Crippen LogP contribution in [-0.4, -0.2) is 53.8 Å². The van der Waals surface area contributed by atoms with Gasteiger partial charge in [-0.1, -0.05) is 62.4 Å². The average Bonchev–Trinajstić information content (AvgIpc) is 3.10. The normalized spacial score (nSPS) is 13.2. The molecular weight excluding hydrogens is 440 g/mol. The topological polar surface area (TPSA) is 105 Å². The monoisotopic (exact) mass is 470 g/mol. The van der Waals surface area contributed by atoms with Gasteiger partial charge in [0.25, 0.3) is 0 Å². The van der Waals surface area contributed by atoms with E-state index in [9.17, 15) is 14.4 Å². The first kappa shape index (κ1) is 24.6. The van der Waals surface area contributed by atoms with Crippen LogP contribution in [0.4, 0.5) is 4.79 Å². The molecule has 0 fully saturated rings. The van der Waals surface area contributed by atoms with Crippen molar-refractivity contribution in [3.05, 3.63) is 59.7 Å². The SMILES string of the molecule is CC(C)[C@H](CC(=O)NCCSCC(=O)O)NC(=O)OCC1c2ccccc2-c2ccccc21. The molecule has 2 aromatic carbocycles. The van der Waals surface area contributed by atoms with Crippen LogP contribution in [0.15, 0.2) is 48.5 Å². The molecule has 0 saturated carbocycles. The van der Waals surface area contributed by atoms with E-state index < -0.39 is 12.1 Å². The summed E-state index contributed by atoms with van der Waals surface area (Å²) in [6, 6.07) is 15.9. The number of amides is 2. The molecule has 8 heteroatoms. The zero-order chi connectivity index (χ0) is 23.8. The first-order valence-electron chi connectivity index (χ1n) is 11.0. The van der Waals surface area contributed by atoms with Gasteiger partial charge in [0.2, 0.25) is 5.91 Å². The first-order chi connectivity index (χ1) is 15.9. The molecule has 2 aromatic rings. The van der Waals surface area contributed by atoms with E-state index in [0.29, 0.717) is 12.3 Å². The number of carboxylic acid groups (broad SMARTS) is 1. The van der Waals surface area contributed by atoms with Crippen molar-refractivity contribution in [3.63, 3.8) is 0 Å².